The summed E-state index contributed by atoms with van der Waals surface area (Å²) >= 11 is 0. The van der Waals surface area contributed by atoms with Crippen molar-refractivity contribution in [3.8, 4) is 0 Å². The second kappa shape index (κ2) is 3.52. The van der Waals surface area contributed by atoms with E-state index in [4.69, 9.17) is 4.55 Å². The van der Waals surface area contributed by atoms with E-state index in [0.29, 0.717) is 6.42 Å². The Labute approximate surface area is 58.9 Å². The standard InChI is InChI=1S/C4H8O5S/c1-2-3-4(5)9-10(6,7)8/h2-3H2,1H3,(H,6,7,8). The highest BCUT2D eigenvalue weighted by atomic mass is 32.3. The molecule has 0 saturated heterocycles. The van der Waals surface area contributed by atoms with Gasteiger partial charge in [-0.15, -0.1) is 0 Å². The molecular formula is C4H8O5S. The quantitative estimate of drug-likeness (QED) is 0.606. The zero-order valence-electron chi connectivity index (χ0n) is 5.40. The van der Waals surface area contributed by atoms with Crippen LogP contribution < -0.4 is 0 Å². The van der Waals surface area contributed by atoms with Gasteiger partial charge >= 0.3 is 16.4 Å². The summed E-state index contributed by atoms with van der Waals surface area (Å²) in [5.41, 5.74) is 0. The Morgan fingerprint density at radius 2 is 2.10 bits per heavy atom. The molecule has 10 heavy (non-hydrogen) atoms. The van der Waals surface area contributed by atoms with Crippen LogP contribution >= 0.6 is 0 Å². The Hall–Kier alpha value is -0.620. The van der Waals surface area contributed by atoms with Gasteiger partial charge in [-0.3, -0.25) is 9.35 Å². The van der Waals surface area contributed by atoms with Gasteiger partial charge in [-0.05, 0) is 6.42 Å². The summed E-state index contributed by atoms with van der Waals surface area (Å²) in [5.74, 6) is -0.940. The summed E-state index contributed by atoms with van der Waals surface area (Å²) in [4.78, 5) is 10.3. The summed E-state index contributed by atoms with van der Waals surface area (Å²) in [7, 11) is -4.60. The van der Waals surface area contributed by atoms with Gasteiger partial charge in [0.2, 0.25) is 0 Å². The number of hydrogen-bond acceptors (Lipinski definition) is 4. The van der Waals surface area contributed by atoms with E-state index >= 15 is 0 Å². The van der Waals surface area contributed by atoms with Crippen LogP contribution in [0.1, 0.15) is 19.8 Å². The van der Waals surface area contributed by atoms with Crippen molar-refractivity contribution in [2.24, 2.45) is 0 Å². The lowest BCUT2D eigenvalue weighted by atomic mass is 10.4. The molecule has 0 heterocycles. The normalized spacial score (nSPS) is 11.0. The van der Waals surface area contributed by atoms with Crippen LogP contribution in [0.4, 0.5) is 0 Å². The maximum absolute atomic E-state index is 10.3. The van der Waals surface area contributed by atoms with Crippen molar-refractivity contribution < 1.29 is 21.9 Å². The van der Waals surface area contributed by atoms with Gasteiger partial charge in [-0.25, -0.2) is 0 Å². The van der Waals surface area contributed by atoms with Crippen LogP contribution in [0.3, 0.4) is 0 Å². The molecule has 0 aromatic heterocycles. The molecule has 0 unspecified atom stereocenters. The minimum atomic E-state index is -4.60. The third-order valence-electron chi connectivity index (χ3n) is 0.652. The Kier molecular flexibility index (Phi) is 3.31. The molecule has 0 radical (unpaired) electrons. The number of hydrogen-bond donors (Lipinski definition) is 1. The summed E-state index contributed by atoms with van der Waals surface area (Å²) in [6.07, 6.45) is 0.466. The van der Waals surface area contributed by atoms with Gasteiger partial charge in [0.1, 0.15) is 0 Å². The zero-order chi connectivity index (χ0) is 8.20. The van der Waals surface area contributed by atoms with Crippen LogP contribution in [0.25, 0.3) is 0 Å². The number of carbonyl (C=O) groups is 1. The van der Waals surface area contributed by atoms with Gasteiger partial charge < -0.3 is 4.18 Å². The van der Waals surface area contributed by atoms with E-state index in [1.54, 1.807) is 6.92 Å². The van der Waals surface area contributed by atoms with Crippen molar-refractivity contribution in [2.45, 2.75) is 19.8 Å². The monoisotopic (exact) mass is 168 g/mol. The highest BCUT2D eigenvalue weighted by Gasteiger charge is 2.10. The highest BCUT2D eigenvalue weighted by molar-refractivity contribution is 7.81. The van der Waals surface area contributed by atoms with Crippen LogP contribution in [0.15, 0.2) is 0 Å². The summed E-state index contributed by atoms with van der Waals surface area (Å²) in [6, 6.07) is 0. The zero-order valence-corrected chi connectivity index (χ0v) is 6.22. The van der Waals surface area contributed by atoms with Crippen LogP contribution in [0.2, 0.25) is 0 Å². The van der Waals surface area contributed by atoms with Crippen LogP contribution in [0, 0.1) is 0 Å². The lowest BCUT2D eigenvalue weighted by molar-refractivity contribution is -0.134. The fraction of sp³-hybridized carbons (Fsp3) is 0.750. The predicted octanol–water partition coefficient (Wildman–Crippen LogP) is 0.133. The maximum atomic E-state index is 10.3. The lowest BCUT2D eigenvalue weighted by Crippen LogP contribution is -2.10. The van der Waals surface area contributed by atoms with Gasteiger partial charge in [0.15, 0.2) is 0 Å². The second-order valence-corrected chi connectivity index (χ2v) is 2.66. The Morgan fingerprint density at radius 3 is 2.40 bits per heavy atom. The molecule has 0 aromatic carbocycles. The average Bonchev–Trinajstić information content (AvgIpc) is 1.59. The van der Waals surface area contributed by atoms with Gasteiger partial charge in [0.05, 0.1) is 0 Å². The van der Waals surface area contributed by atoms with Crippen molar-refractivity contribution >= 4 is 16.4 Å². The topological polar surface area (TPSA) is 80.7 Å². The molecule has 0 spiro atoms. The Balaban J connectivity index is 3.82. The molecule has 0 aliphatic heterocycles. The molecule has 0 aliphatic rings. The largest absolute Gasteiger partial charge is 0.448 e. The first-order valence-electron chi connectivity index (χ1n) is 2.65. The first-order chi connectivity index (χ1) is 4.45. The minimum Gasteiger partial charge on any atom is -0.325 e. The summed E-state index contributed by atoms with van der Waals surface area (Å²) < 4.78 is 31.2. The fourth-order valence-corrected chi connectivity index (χ4v) is 0.681. The number of rotatable bonds is 3. The summed E-state index contributed by atoms with van der Waals surface area (Å²) in [5, 5.41) is 0. The van der Waals surface area contributed by atoms with Crippen molar-refractivity contribution in [1.82, 2.24) is 0 Å². The molecule has 5 nitrogen and oxygen atoms in total. The lowest BCUT2D eigenvalue weighted by Gasteiger charge is -1.95. The SMILES string of the molecule is CCCC(=O)OS(=O)(=O)O. The van der Waals surface area contributed by atoms with E-state index in [1.807, 2.05) is 0 Å². The number of carbonyl (C=O) groups excluding carboxylic acids is 1. The molecule has 0 amide bonds. The third kappa shape index (κ3) is 5.52. The fourth-order valence-electron chi connectivity index (χ4n) is 0.363. The molecular weight excluding hydrogens is 160 g/mol. The van der Waals surface area contributed by atoms with Crippen molar-refractivity contribution in [3.63, 3.8) is 0 Å². The smallest absolute Gasteiger partial charge is 0.325 e. The van der Waals surface area contributed by atoms with Crippen molar-refractivity contribution in [1.29, 1.82) is 0 Å². The van der Waals surface area contributed by atoms with E-state index in [-0.39, 0.29) is 6.42 Å². The molecule has 60 valence electrons. The molecule has 0 aliphatic carbocycles. The molecule has 1 N–H and O–H groups in total. The van der Waals surface area contributed by atoms with Crippen molar-refractivity contribution in [2.75, 3.05) is 0 Å². The van der Waals surface area contributed by atoms with Gasteiger partial charge in [0, 0.05) is 6.42 Å². The van der Waals surface area contributed by atoms with Crippen LogP contribution in [-0.4, -0.2) is 18.9 Å². The maximum Gasteiger partial charge on any atom is 0.448 e. The minimum absolute atomic E-state index is 0.0141. The van der Waals surface area contributed by atoms with E-state index in [2.05, 4.69) is 4.18 Å². The van der Waals surface area contributed by atoms with E-state index in [0.717, 1.165) is 0 Å². The molecule has 0 atom stereocenters. The first kappa shape index (κ1) is 9.38. The molecule has 0 fully saturated rings. The predicted molar refractivity (Wildman–Crippen MR) is 32.5 cm³/mol. The van der Waals surface area contributed by atoms with E-state index in [1.165, 1.54) is 0 Å². The van der Waals surface area contributed by atoms with Gasteiger partial charge in [0.25, 0.3) is 0 Å². The molecule has 0 bridgehead atoms. The van der Waals surface area contributed by atoms with Crippen LogP contribution in [-0.2, 0) is 19.4 Å². The van der Waals surface area contributed by atoms with Gasteiger partial charge in [-0.2, -0.15) is 8.42 Å². The molecule has 6 heteroatoms. The second-order valence-electron chi connectivity index (χ2n) is 1.63. The molecule has 0 aromatic rings. The average molecular weight is 168 g/mol. The highest BCUT2D eigenvalue weighted by Crippen LogP contribution is 1.94. The summed E-state index contributed by atoms with van der Waals surface area (Å²) in [6.45, 7) is 1.69. The Morgan fingerprint density at radius 1 is 1.60 bits per heavy atom. The third-order valence-corrected chi connectivity index (χ3v) is 1.05. The van der Waals surface area contributed by atoms with E-state index < -0.39 is 16.4 Å². The first-order valence-corrected chi connectivity index (χ1v) is 4.02. The van der Waals surface area contributed by atoms with Crippen LogP contribution in [0.5, 0.6) is 0 Å². The van der Waals surface area contributed by atoms with Crippen molar-refractivity contribution in [3.05, 3.63) is 0 Å². The van der Waals surface area contributed by atoms with E-state index in [9.17, 15) is 13.2 Å². The molecule has 0 saturated carbocycles. The molecule has 0 rings (SSSR count). The van der Waals surface area contributed by atoms with Gasteiger partial charge in [-0.1, -0.05) is 6.92 Å². The Bertz CT molecular complexity index is 204.